The highest BCUT2D eigenvalue weighted by Gasteiger charge is 2.60. The summed E-state index contributed by atoms with van der Waals surface area (Å²) in [7, 11) is 0. The van der Waals surface area contributed by atoms with E-state index in [4.69, 9.17) is 18.9 Å². The summed E-state index contributed by atoms with van der Waals surface area (Å²) in [6.45, 7) is 17.0. The zero-order valence-corrected chi connectivity index (χ0v) is 27.0. The second-order valence-corrected chi connectivity index (χ2v) is 14.5. The van der Waals surface area contributed by atoms with Crippen molar-refractivity contribution in [3.63, 3.8) is 0 Å². The number of hydrogen-bond donors (Lipinski definition) is 0. The van der Waals surface area contributed by atoms with Gasteiger partial charge in [0, 0.05) is 38.9 Å². The number of ether oxygens (including phenoxy) is 4. The summed E-state index contributed by atoms with van der Waals surface area (Å²) in [5.41, 5.74) is 2.12. The molecule has 0 aromatic heterocycles. The van der Waals surface area contributed by atoms with Crippen LogP contribution < -0.4 is 0 Å². The molecule has 10 atom stereocenters. The van der Waals surface area contributed by atoms with Gasteiger partial charge in [0.05, 0.1) is 25.4 Å². The third-order valence-electron chi connectivity index (χ3n) is 11.9. The lowest BCUT2D eigenvalue weighted by atomic mass is 9.46. The van der Waals surface area contributed by atoms with Crippen molar-refractivity contribution in [1.29, 1.82) is 0 Å². The van der Waals surface area contributed by atoms with Gasteiger partial charge in [-0.2, -0.15) is 0 Å². The van der Waals surface area contributed by atoms with Crippen molar-refractivity contribution in [2.45, 2.75) is 125 Å². The molecule has 0 N–H and O–H groups in total. The summed E-state index contributed by atoms with van der Waals surface area (Å²) < 4.78 is 23.8. The van der Waals surface area contributed by atoms with E-state index in [9.17, 15) is 9.59 Å². The van der Waals surface area contributed by atoms with Crippen molar-refractivity contribution in [3.05, 3.63) is 11.6 Å². The molecule has 0 amide bonds. The number of esters is 2. The monoisotopic (exact) mass is 574 g/mol. The average Bonchev–Trinajstić information content (AvgIpc) is 3.27. The molecule has 3 saturated carbocycles. The minimum absolute atomic E-state index is 0.0517. The quantitative estimate of drug-likeness (QED) is 0.167. The number of fused-ring (bicyclic) bond motifs is 5. The van der Waals surface area contributed by atoms with Gasteiger partial charge in [0.2, 0.25) is 0 Å². The lowest BCUT2D eigenvalue weighted by Gasteiger charge is -2.60. The van der Waals surface area contributed by atoms with Crippen LogP contribution in [0.4, 0.5) is 0 Å². The SMILES string of the molecule is CC[C@H]1CC[C@H]2[C@@H]3CC=C4CC(OCCC(C)COC(C)=O)CC(OCCC(C)COC(C)=O)[C@]4(C)[C@H]3CC[C@]12C. The topological polar surface area (TPSA) is 71.1 Å². The molecule has 4 aliphatic carbocycles. The van der Waals surface area contributed by atoms with Gasteiger partial charge in [0.1, 0.15) is 0 Å². The van der Waals surface area contributed by atoms with Crippen LogP contribution in [0.2, 0.25) is 0 Å². The minimum atomic E-state index is -0.222. The van der Waals surface area contributed by atoms with Gasteiger partial charge in [-0.15, -0.1) is 0 Å². The zero-order valence-electron chi connectivity index (χ0n) is 27.0. The number of carbonyl (C=O) groups is 2. The third-order valence-corrected chi connectivity index (χ3v) is 11.9. The first-order valence-electron chi connectivity index (χ1n) is 16.7. The molecule has 4 unspecified atom stereocenters. The summed E-state index contributed by atoms with van der Waals surface area (Å²) >= 11 is 0. The maximum absolute atomic E-state index is 11.3. The Morgan fingerprint density at radius 3 is 2.17 bits per heavy atom. The molecule has 0 bridgehead atoms. The maximum atomic E-state index is 11.3. The van der Waals surface area contributed by atoms with Crippen molar-refractivity contribution < 1.29 is 28.5 Å². The predicted octanol–water partition coefficient (Wildman–Crippen LogP) is 7.53. The fourth-order valence-electron chi connectivity index (χ4n) is 9.34. The molecule has 0 radical (unpaired) electrons. The molecule has 6 heteroatoms. The Labute approximate surface area is 249 Å². The van der Waals surface area contributed by atoms with Crippen LogP contribution in [0.5, 0.6) is 0 Å². The fourth-order valence-corrected chi connectivity index (χ4v) is 9.34. The van der Waals surface area contributed by atoms with Crippen LogP contribution in [-0.4, -0.2) is 50.6 Å². The summed E-state index contributed by atoms with van der Waals surface area (Å²) in [4.78, 5) is 22.5. The average molecular weight is 575 g/mol. The van der Waals surface area contributed by atoms with Gasteiger partial charge in [-0.3, -0.25) is 9.59 Å². The molecule has 6 nitrogen and oxygen atoms in total. The first-order valence-corrected chi connectivity index (χ1v) is 16.7. The fraction of sp³-hybridized carbons (Fsp3) is 0.886. The Bertz CT molecular complexity index is 930. The predicted molar refractivity (Wildman–Crippen MR) is 161 cm³/mol. The van der Waals surface area contributed by atoms with Gasteiger partial charge in [-0.1, -0.05) is 52.7 Å². The van der Waals surface area contributed by atoms with E-state index >= 15 is 0 Å². The highest BCUT2D eigenvalue weighted by molar-refractivity contribution is 5.66. The number of carbonyl (C=O) groups excluding carboxylic acids is 2. The van der Waals surface area contributed by atoms with E-state index in [0.717, 1.165) is 43.4 Å². The van der Waals surface area contributed by atoms with Gasteiger partial charge in [0.15, 0.2) is 0 Å². The molecular formula is C35H58O6. The first-order chi connectivity index (χ1) is 19.5. The van der Waals surface area contributed by atoms with Crippen LogP contribution in [0.25, 0.3) is 0 Å². The molecule has 4 aliphatic rings. The standard InChI is InChI=1S/C35H58O6/c1-8-27-10-12-31-30-11-9-28-19-29(38-17-14-23(2)21-40-25(4)36)20-33(39-18-15-24(3)22-41-26(5)37)35(28,7)32(30)13-16-34(27,31)6/h9,23-24,27,29-33H,8,10-22H2,1-7H3/t23?,24?,27-,29?,30-,31-,32-,33?,34+,35-/m0/s1. The molecule has 0 spiro atoms. The molecule has 0 aliphatic heterocycles. The molecule has 234 valence electrons. The summed E-state index contributed by atoms with van der Waals surface area (Å²) in [6, 6.07) is 0. The van der Waals surface area contributed by atoms with E-state index in [1.807, 2.05) is 0 Å². The second kappa shape index (κ2) is 13.9. The Kier molecular flexibility index (Phi) is 11.0. The number of allylic oxidation sites excluding steroid dienone is 1. The first kappa shape index (κ1) is 32.5. The lowest BCUT2D eigenvalue weighted by molar-refractivity contribution is -0.144. The van der Waals surface area contributed by atoms with E-state index in [1.165, 1.54) is 52.4 Å². The molecule has 0 aromatic carbocycles. The lowest BCUT2D eigenvalue weighted by Crippen LogP contribution is -2.56. The summed E-state index contributed by atoms with van der Waals surface area (Å²) in [5.74, 6) is 3.25. The number of rotatable bonds is 13. The van der Waals surface area contributed by atoms with Crippen LogP contribution >= 0.6 is 0 Å². The zero-order chi connectivity index (χ0) is 29.8. The van der Waals surface area contributed by atoms with E-state index in [1.54, 1.807) is 5.57 Å². The van der Waals surface area contributed by atoms with Crippen molar-refractivity contribution in [2.75, 3.05) is 26.4 Å². The molecule has 0 heterocycles. The van der Waals surface area contributed by atoms with E-state index in [-0.39, 0.29) is 41.4 Å². The van der Waals surface area contributed by atoms with Crippen molar-refractivity contribution in [1.82, 2.24) is 0 Å². The van der Waals surface area contributed by atoms with Crippen molar-refractivity contribution in [2.24, 2.45) is 46.3 Å². The summed E-state index contributed by atoms with van der Waals surface area (Å²) in [6.07, 6.45) is 14.6. The van der Waals surface area contributed by atoms with Gasteiger partial charge in [0.25, 0.3) is 0 Å². The van der Waals surface area contributed by atoms with Crippen LogP contribution in [-0.2, 0) is 28.5 Å². The van der Waals surface area contributed by atoms with Gasteiger partial charge in [-0.25, -0.2) is 0 Å². The van der Waals surface area contributed by atoms with Crippen molar-refractivity contribution >= 4 is 11.9 Å². The molecule has 4 rings (SSSR count). The van der Waals surface area contributed by atoms with Gasteiger partial charge >= 0.3 is 11.9 Å². The van der Waals surface area contributed by atoms with Crippen molar-refractivity contribution in [3.8, 4) is 0 Å². The Balaban J connectivity index is 1.46. The highest BCUT2D eigenvalue weighted by Crippen LogP contribution is 2.67. The summed E-state index contributed by atoms with van der Waals surface area (Å²) in [5, 5.41) is 0. The van der Waals surface area contributed by atoms with Crippen LogP contribution in [0.3, 0.4) is 0 Å². The van der Waals surface area contributed by atoms with E-state index in [2.05, 4.69) is 40.7 Å². The largest absolute Gasteiger partial charge is 0.466 e. The van der Waals surface area contributed by atoms with Crippen LogP contribution in [0.1, 0.15) is 113 Å². The molecular weight excluding hydrogens is 516 g/mol. The Morgan fingerprint density at radius 1 is 0.927 bits per heavy atom. The van der Waals surface area contributed by atoms with Crippen LogP contribution in [0.15, 0.2) is 11.6 Å². The Hall–Kier alpha value is -1.40. The smallest absolute Gasteiger partial charge is 0.302 e. The highest BCUT2D eigenvalue weighted by atomic mass is 16.5. The van der Waals surface area contributed by atoms with Crippen LogP contribution in [0, 0.1) is 46.3 Å². The Morgan fingerprint density at radius 2 is 1.56 bits per heavy atom. The van der Waals surface area contributed by atoms with E-state index in [0.29, 0.717) is 37.8 Å². The minimum Gasteiger partial charge on any atom is -0.466 e. The number of hydrogen-bond acceptors (Lipinski definition) is 6. The molecule has 0 aromatic rings. The van der Waals surface area contributed by atoms with Gasteiger partial charge < -0.3 is 18.9 Å². The van der Waals surface area contributed by atoms with E-state index < -0.39 is 0 Å². The van der Waals surface area contributed by atoms with Gasteiger partial charge in [-0.05, 0) is 92.3 Å². The molecule has 41 heavy (non-hydrogen) atoms. The molecule has 3 fully saturated rings. The maximum Gasteiger partial charge on any atom is 0.302 e. The normalized spacial score (nSPS) is 37.7. The third kappa shape index (κ3) is 7.22. The molecule has 0 saturated heterocycles. The second-order valence-electron chi connectivity index (χ2n) is 14.5.